The van der Waals surface area contributed by atoms with Gasteiger partial charge in [-0.1, -0.05) is 19.9 Å². The fraction of sp³-hybridized carbons (Fsp3) is 0.643. The molecule has 2 rings (SSSR count). The molecule has 1 saturated heterocycles. The number of piperazine rings is 1. The van der Waals surface area contributed by atoms with Crippen molar-refractivity contribution in [2.45, 2.75) is 20.4 Å². The lowest BCUT2D eigenvalue weighted by Crippen LogP contribution is -2.46. The van der Waals surface area contributed by atoms with Gasteiger partial charge in [0.15, 0.2) is 0 Å². The second-order valence-electron chi connectivity index (χ2n) is 4.69. The van der Waals surface area contributed by atoms with Gasteiger partial charge < -0.3 is 15.1 Å². The molecule has 0 radical (unpaired) electrons. The largest absolute Gasteiger partial charge is 0.354 e. The minimum atomic E-state index is 0.910. The van der Waals surface area contributed by atoms with Crippen LogP contribution in [0, 0.1) is 0 Å². The molecule has 0 saturated carbocycles. The summed E-state index contributed by atoms with van der Waals surface area (Å²) in [5.74, 6) is 1.16. The van der Waals surface area contributed by atoms with E-state index in [-0.39, 0.29) is 0 Å². The Morgan fingerprint density at radius 1 is 1.22 bits per heavy atom. The number of likely N-dealkylation sites (N-methyl/N-ethyl adjacent to an activating group) is 1. The minimum Gasteiger partial charge on any atom is -0.354 e. The maximum absolute atomic E-state index is 4.57. The summed E-state index contributed by atoms with van der Waals surface area (Å²) in [6.45, 7) is 11.9. The van der Waals surface area contributed by atoms with Gasteiger partial charge in [0.2, 0.25) is 0 Å². The van der Waals surface area contributed by atoms with Crippen molar-refractivity contribution in [3.63, 3.8) is 0 Å². The fourth-order valence-corrected chi connectivity index (χ4v) is 2.39. The number of nitrogens with one attached hydrogen (secondary N) is 1. The standard InChI is InChI=1S/C14H24N4/c1-3-15-12-13-6-5-7-16-14(13)18-10-8-17(4-2)9-11-18/h5-7,15H,3-4,8-12H2,1-2H3. The highest BCUT2D eigenvalue weighted by Gasteiger charge is 2.18. The molecular formula is C14H24N4. The summed E-state index contributed by atoms with van der Waals surface area (Å²) in [5, 5.41) is 3.39. The number of aromatic nitrogens is 1. The van der Waals surface area contributed by atoms with Crippen molar-refractivity contribution >= 4 is 5.82 Å². The molecule has 0 aromatic carbocycles. The second kappa shape index (κ2) is 6.71. The highest BCUT2D eigenvalue weighted by Crippen LogP contribution is 2.18. The molecule has 4 heteroatoms. The molecule has 0 amide bonds. The highest BCUT2D eigenvalue weighted by atomic mass is 15.3. The molecule has 0 aliphatic carbocycles. The van der Waals surface area contributed by atoms with Gasteiger partial charge in [-0.25, -0.2) is 4.98 Å². The molecule has 1 aliphatic heterocycles. The average molecular weight is 248 g/mol. The van der Waals surface area contributed by atoms with Crippen LogP contribution in [0.3, 0.4) is 0 Å². The third kappa shape index (κ3) is 3.21. The van der Waals surface area contributed by atoms with Crippen LogP contribution in [0.5, 0.6) is 0 Å². The first-order chi connectivity index (χ1) is 8.85. The van der Waals surface area contributed by atoms with Crippen molar-refractivity contribution in [1.29, 1.82) is 0 Å². The van der Waals surface area contributed by atoms with E-state index < -0.39 is 0 Å². The smallest absolute Gasteiger partial charge is 0.133 e. The van der Waals surface area contributed by atoms with Crippen LogP contribution >= 0.6 is 0 Å². The first-order valence-corrected chi connectivity index (χ1v) is 6.97. The molecule has 0 bridgehead atoms. The zero-order chi connectivity index (χ0) is 12.8. The number of anilines is 1. The Balaban J connectivity index is 2.03. The number of pyridine rings is 1. The topological polar surface area (TPSA) is 31.4 Å². The predicted octanol–water partition coefficient (Wildman–Crippen LogP) is 1.33. The summed E-state index contributed by atoms with van der Waals surface area (Å²) < 4.78 is 0. The van der Waals surface area contributed by atoms with Crippen LogP contribution < -0.4 is 10.2 Å². The molecule has 1 aromatic rings. The Labute approximate surface area is 110 Å². The maximum atomic E-state index is 4.57. The number of nitrogens with zero attached hydrogens (tertiary/aromatic N) is 3. The Morgan fingerprint density at radius 3 is 2.67 bits per heavy atom. The summed E-state index contributed by atoms with van der Waals surface area (Å²) in [5.41, 5.74) is 1.31. The zero-order valence-corrected chi connectivity index (χ0v) is 11.5. The molecule has 2 heterocycles. The van der Waals surface area contributed by atoms with Crippen LogP contribution in [0.25, 0.3) is 0 Å². The van der Waals surface area contributed by atoms with Crippen LogP contribution in [0.1, 0.15) is 19.4 Å². The first-order valence-electron chi connectivity index (χ1n) is 6.97. The van der Waals surface area contributed by atoms with E-state index in [9.17, 15) is 0 Å². The summed E-state index contributed by atoms with van der Waals surface area (Å²) >= 11 is 0. The monoisotopic (exact) mass is 248 g/mol. The molecule has 1 N–H and O–H groups in total. The molecular weight excluding hydrogens is 224 g/mol. The summed E-state index contributed by atoms with van der Waals surface area (Å²) in [4.78, 5) is 9.48. The Bertz CT molecular complexity index is 359. The summed E-state index contributed by atoms with van der Waals surface area (Å²) in [6, 6.07) is 4.20. The van der Waals surface area contributed by atoms with Gasteiger partial charge in [0.1, 0.15) is 5.82 Å². The number of hydrogen-bond donors (Lipinski definition) is 1. The van der Waals surface area contributed by atoms with Crippen LogP contribution in [0.4, 0.5) is 5.82 Å². The normalized spacial score (nSPS) is 17.1. The Kier molecular flexibility index (Phi) is 4.96. The summed E-state index contributed by atoms with van der Waals surface area (Å²) in [7, 11) is 0. The number of rotatable bonds is 5. The van der Waals surface area contributed by atoms with E-state index in [2.05, 4.69) is 40.0 Å². The molecule has 18 heavy (non-hydrogen) atoms. The molecule has 0 atom stereocenters. The molecule has 0 spiro atoms. The second-order valence-corrected chi connectivity index (χ2v) is 4.69. The van der Waals surface area contributed by atoms with Gasteiger partial charge in [-0.05, 0) is 19.2 Å². The molecule has 1 aliphatic rings. The average Bonchev–Trinajstić information content (AvgIpc) is 2.45. The van der Waals surface area contributed by atoms with Crippen molar-refractivity contribution < 1.29 is 0 Å². The van der Waals surface area contributed by atoms with Crippen molar-refractivity contribution in [2.24, 2.45) is 0 Å². The molecule has 1 aromatic heterocycles. The van der Waals surface area contributed by atoms with E-state index in [0.29, 0.717) is 0 Å². The summed E-state index contributed by atoms with van der Waals surface area (Å²) in [6.07, 6.45) is 1.90. The molecule has 100 valence electrons. The van der Waals surface area contributed by atoms with Crippen molar-refractivity contribution in [2.75, 3.05) is 44.2 Å². The van der Waals surface area contributed by atoms with Crippen LogP contribution in [-0.4, -0.2) is 49.2 Å². The SMILES string of the molecule is CCNCc1cccnc1N1CCN(CC)CC1. The van der Waals surface area contributed by atoms with E-state index in [0.717, 1.165) is 51.6 Å². The molecule has 0 unspecified atom stereocenters. The molecule has 4 nitrogen and oxygen atoms in total. The van der Waals surface area contributed by atoms with Gasteiger partial charge in [-0.2, -0.15) is 0 Å². The van der Waals surface area contributed by atoms with E-state index in [1.807, 2.05) is 12.3 Å². The fourth-order valence-electron chi connectivity index (χ4n) is 2.39. The predicted molar refractivity (Wildman–Crippen MR) is 75.9 cm³/mol. The van der Waals surface area contributed by atoms with Gasteiger partial charge in [0, 0.05) is 44.5 Å². The zero-order valence-electron chi connectivity index (χ0n) is 11.5. The van der Waals surface area contributed by atoms with E-state index >= 15 is 0 Å². The lowest BCUT2D eigenvalue weighted by molar-refractivity contribution is 0.270. The lowest BCUT2D eigenvalue weighted by Gasteiger charge is -2.35. The third-order valence-electron chi connectivity index (χ3n) is 3.55. The van der Waals surface area contributed by atoms with E-state index in [1.165, 1.54) is 5.56 Å². The van der Waals surface area contributed by atoms with E-state index in [1.54, 1.807) is 0 Å². The van der Waals surface area contributed by atoms with Crippen LogP contribution in [0.15, 0.2) is 18.3 Å². The van der Waals surface area contributed by atoms with Gasteiger partial charge in [-0.15, -0.1) is 0 Å². The first kappa shape index (κ1) is 13.3. The van der Waals surface area contributed by atoms with Gasteiger partial charge in [-0.3, -0.25) is 0 Å². The minimum absolute atomic E-state index is 0.910. The van der Waals surface area contributed by atoms with Gasteiger partial charge in [0.05, 0.1) is 0 Å². The van der Waals surface area contributed by atoms with Gasteiger partial charge >= 0.3 is 0 Å². The van der Waals surface area contributed by atoms with Crippen LogP contribution in [0.2, 0.25) is 0 Å². The Morgan fingerprint density at radius 2 is 2.00 bits per heavy atom. The maximum Gasteiger partial charge on any atom is 0.133 e. The van der Waals surface area contributed by atoms with Crippen molar-refractivity contribution in [3.05, 3.63) is 23.9 Å². The van der Waals surface area contributed by atoms with Crippen LogP contribution in [-0.2, 0) is 6.54 Å². The Hall–Kier alpha value is -1.13. The third-order valence-corrected chi connectivity index (χ3v) is 3.55. The van der Waals surface area contributed by atoms with Gasteiger partial charge in [0.25, 0.3) is 0 Å². The number of hydrogen-bond acceptors (Lipinski definition) is 4. The van der Waals surface area contributed by atoms with E-state index in [4.69, 9.17) is 0 Å². The quantitative estimate of drug-likeness (QED) is 0.852. The highest BCUT2D eigenvalue weighted by molar-refractivity contribution is 5.47. The molecule has 1 fully saturated rings. The lowest BCUT2D eigenvalue weighted by atomic mass is 10.2. The van der Waals surface area contributed by atoms with Crippen molar-refractivity contribution in [3.8, 4) is 0 Å². The van der Waals surface area contributed by atoms with Crippen molar-refractivity contribution in [1.82, 2.24) is 15.2 Å².